The van der Waals surface area contributed by atoms with Gasteiger partial charge in [-0.2, -0.15) is 0 Å². The van der Waals surface area contributed by atoms with Crippen LogP contribution in [0.4, 0.5) is 0 Å². The van der Waals surface area contributed by atoms with Gasteiger partial charge in [-0.3, -0.25) is 0 Å². The molecule has 1 rings (SSSR count). The first-order valence-electron chi connectivity index (χ1n) is 4.39. The maximum atomic E-state index is 4.71. The van der Waals surface area contributed by atoms with Crippen LogP contribution in [-0.4, -0.2) is 4.32 Å². The molecule has 0 bridgehead atoms. The van der Waals surface area contributed by atoms with E-state index in [0.29, 0.717) is 0 Å². The zero-order valence-electron chi connectivity index (χ0n) is 8.03. The number of rotatable bonds is 1. The molecule has 69 valence electrons. The third-order valence-electron chi connectivity index (χ3n) is 1.66. The van der Waals surface area contributed by atoms with Crippen molar-refractivity contribution in [3.05, 3.63) is 30.3 Å². The third-order valence-corrected chi connectivity index (χ3v) is 9.84. The van der Waals surface area contributed by atoms with E-state index in [1.54, 1.807) is 3.07 Å². The number of benzene rings is 1. The Kier molecular flexibility index (Phi) is 8.00. The van der Waals surface area contributed by atoms with Crippen LogP contribution in [0, 0.1) is 0 Å². The van der Waals surface area contributed by atoms with Crippen molar-refractivity contribution in [2.24, 2.45) is 5.73 Å². The first kappa shape index (κ1) is 13.4. The molecular weight excluding hydrogens is 387 g/mol. The summed E-state index contributed by atoms with van der Waals surface area (Å²) in [6.07, 6.45) is 0. The predicted octanol–water partition coefficient (Wildman–Crippen LogP) is 2.19. The molecule has 0 unspecified atom stereocenters. The summed E-state index contributed by atoms with van der Waals surface area (Å²) in [4.78, 5) is 0. The van der Waals surface area contributed by atoms with E-state index >= 15 is 0 Å². The molecule has 0 radical (unpaired) electrons. The van der Waals surface area contributed by atoms with Crippen LogP contribution in [0.15, 0.2) is 30.3 Å². The van der Waals surface area contributed by atoms with Crippen molar-refractivity contribution < 1.29 is 23.0 Å². The summed E-state index contributed by atoms with van der Waals surface area (Å²) in [5, 5.41) is 0. The molecule has 1 aromatic rings. The molecule has 0 atom stereocenters. The molecular formula is C9H14HgNS2. The fourth-order valence-electron chi connectivity index (χ4n) is 0.949. The number of hydrogen-bond acceptors (Lipinski definition) is 1. The van der Waals surface area contributed by atoms with Crippen LogP contribution in [0.2, 0.25) is 8.86 Å². The van der Waals surface area contributed by atoms with Crippen molar-refractivity contribution in [1.82, 2.24) is 0 Å². The number of thiocarbonyl (C=S) groups is 1. The van der Waals surface area contributed by atoms with Gasteiger partial charge in [0.05, 0.1) is 0 Å². The number of nitrogens with two attached hydrogens (primary N) is 1. The number of thiol groups is 1. The van der Waals surface area contributed by atoms with Crippen molar-refractivity contribution in [3.8, 4) is 0 Å². The van der Waals surface area contributed by atoms with Crippen molar-refractivity contribution in [2.45, 2.75) is 8.86 Å². The van der Waals surface area contributed by atoms with Gasteiger partial charge in [0.1, 0.15) is 4.32 Å². The van der Waals surface area contributed by atoms with Crippen molar-refractivity contribution in [3.63, 3.8) is 0 Å². The Balaban J connectivity index is 0.000000310. The van der Waals surface area contributed by atoms with Crippen LogP contribution < -0.4 is 8.81 Å². The van der Waals surface area contributed by atoms with Gasteiger partial charge in [-0.05, 0) is 0 Å². The van der Waals surface area contributed by atoms with Gasteiger partial charge < -0.3 is 5.73 Å². The van der Waals surface area contributed by atoms with Gasteiger partial charge >= 0.3 is 65.3 Å². The molecule has 0 fully saturated rings. The third kappa shape index (κ3) is 8.72. The van der Waals surface area contributed by atoms with E-state index in [9.17, 15) is 0 Å². The zero-order valence-corrected chi connectivity index (χ0v) is 15.2. The van der Waals surface area contributed by atoms with Crippen molar-refractivity contribution in [2.75, 3.05) is 0 Å². The van der Waals surface area contributed by atoms with Crippen LogP contribution in [0.1, 0.15) is 0 Å². The molecule has 4 heteroatoms. The van der Waals surface area contributed by atoms with Crippen LogP contribution >= 0.6 is 24.8 Å². The Bertz CT molecular complexity index is 245. The molecule has 0 amide bonds. The Hall–Kier alpha value is 0.395. The molecule has 0 aliphatic rings. The maximum absolute atomic E-state index is 4.71. The molecule has 13 heavy (non-hydrogen) atoms. The average molecular weight is 401 g/mol. The summed E-state index contributed by atoms with van der Waals surface area (Å²) in [7, 11) is 0. The second-order valence-corrected chi connectivity index (χ2v) is 18.6. The fraction of sp³-hybridized carbons (Fsp3) is 0.222. The molecule has 2 N–H and O–H groups in total. The van der Waals surface area contributed by atoms with E-state index in [0.717, 1.165) is 0 Å². The Morgan fingerprint density at radius 3 is 1.92 bits per heavy atom. The second kappa shape index (κ2) is 7.77. The van der Waals surface area contributed by atoms with Crippen LogP contribution in [0.3, 0.4) is 0 Å². The molecule has 0 aromatic heterocycles. The predicted molar refractivity (Wildman–Crippen MR) is 63.6 cm³/mol. The molecule has 0 spiro atoms. The minimum absolute atomic E-state index is 0.194. The number of hydrogen-bond donors (Lipinski definition) is 2. The average Bonchev–Trinajstić information content (AvgIpc) is 2.05. The summed E-state index contributed by atoms with van der Waals surface area (Å²) in [6, 6.07) is 10.9. The van der Waals surface area contributed by atoms with Crippen LogP contribution in [-0.2, 0) is 23.0 Å². The van der Waals surface area contributed by atoms with Gasteiger partial charge in [0.2, 0.25) is 0 Å². The SMILES string of the molecule is NC(=S)S.[CH3][Hg]([CH3])[c]1ccccc1. The molecule has 0 saturated carbocycles. The van der Waals surface area contributed by atoms with E-state index in [2.05, 4.69) is 64.0 Å². The summed E-state index contributed by atoms with van der Waals surface area (Å²) >= 11 is 6.33. The normalized spacial score (nSPS) is 8.23. The van der Waals surface area contributed by atoms with Gasteiger partial charge in [-0.1, -0.05) is 12.2 Å². The van der Waals surface area contributed by atoms with Crippen LogP contribution in [0.5, 0.6) is 0 Å². The molecule has 0 heterocycles. The quantitative estimate of drug-likeness (QED) is 0.429. The molecule has 0 aliphatic carbocycles. The Morgan fingerprint density at radius 1 is 1.31 bits per heavy atom. The summed E-state index contributed by atoms with van der Waals surface area (Å²) in [5.74, 6) is 0. The standard InChI is InChI=1S/C6H5.CH3NS2.2CH3.Hg/c1-2-4-6-5-3-1;2-1(3)4;;;/h1-5H;(H3,2,3,4);2*1H3;. The first-order chi connectivity index (χ1) is 6.04. The summed E-state index contributed by atoms with van der Waals surface area (Å²) in [6.45, 7) is 0. The Labute approximate surface area is 99.4 Å². The fourth-order valence-corrected chi connectivity index (χ4v) is 5.67. The van der Waals surface area contributed by atoms with Crippen molar-refractivity contribution in [1.29, 1.82) is 0 Å². The van der Waals surface area contributed by atoms with E-state index in [1.807, 2.05) is 0 Å². The monoisotopic (exact) mass is 402 g/mol. The summed E-state index contributed by atoms with van der Waals surface area (Å²) < 4.78 is 6.71. The molecule has 1 aromatic carbocycles. The summed E-state index contributed by atoms with van der Waals surface area (Å²) in [5.41, 5.74) is 4.71. The van der Waals surface area contributed by atoms with Crippen molar-refractivity contribution >= 4 is 32.2 Å². The van der Waals surface area contributed by atoms with E-state index in [-0.39, 0.29) is 4.32 Å². The molecule has 0 aliphatic heterocycles. The van der Waals surface area contributed by atoms with E-state index in [1.165, 1.54) is 0 Å². The minimum atomic E-state index is -1.32. The zero-order chi connectivity index (χ0) is 10.3. The van der Waals surface area contributed by atoms with E-state index in [4.69, 9.17) is 5.73 Å². The van der Waals surface area contributed by atoms with Gasteiger partial charge in [0.15, 0.2) is 0 Å². The van der Waals surface area contributed by atoms with E-state index < -0.39 is 23.0 Å². The first-order valence-corrected chi connectivity index (χ1v) is 19.0. The van der Waals surface area contributed by atoms with Gasteiger partial charge in [0, 0.05) is 0 Å². The second-order valence-electron chi connectivity index (χ2n) is 3.24. The van der Waals surface area contributed by atoms with Gasteiger partial charge in [-0.25, -0.2) is 0 Å². The van der Waals surface area contributed by atoms with Gasteiger partial charge in [-0.15, -0.1) is 12.6 Å². The van der Waals surface area contributed by atoms with Gasteiger partial charge in [0.25, 0.3) is 0 Å². The topological polar surface area (TPSA) is 26.0 Å². The molecule has 0 saturated heterocycles. The van der Waals surface area contributed by atoms with Crippen LogP contribution in [0.25, 0.3) is 0 Å². The Morgan fingerprint density at radius 2 is 1.69 bits per heavy atom. The molecule has 1 nitrogen and oxygen atoms in total.